The van der Waals surface area contributed by atoms with E-state index in [1.54, 1.807) is 0 Å². The van der Waals surface area contributed by atoms with Crippen molar-refractivity contribution in [2.45, 2.75) is 5.75 Å². The van der Waals surface area contributed by atoms with Crippen LogP contribution in [-0.2, 0) is 14.8 Å². The molecule has 1 rings (SSSR count). The van der Waals surface area contributed by atoms with Crippen molar-refractivity contribution >= 4 is 25.4 Å². The summed E-state index contributed by atoms with van der Waals surface area (Å²) in [6, 6.07) is 2.42. The number of rotatable bonds is 3. The maximum absolute atomic E-state index is 10.6. The van der Waals surface area contributed by atoms with Crippen LogP contribution in [0.25, 0.3) is 0 Å². The second kappa shape index (κ2) is 3.89. The number of aromatic nitrogens is 1. The lowest BCUT2D eigenvalue weighted by molar-refractivity contribution is -0.385. The number of pyridine rings is 1. The van der Waals surface area contributed by atoms with E-state index in [9.17, 15) is 18.5 Å². The van der Waals surface area contributed by atoms with E-state index >= 15 is 0 Å². The molecule has 8 heteroatoms. The van der Waals surface area contributed by atoms with Crippen molar-refractivity contribution in [3.8, 4) is 0 Å². The largest absolute Gasteiger partial charge is 0.287 e. The number of nitrogens with zero attached hydrogens (tertiary/aromatic N) is 2. The minimum Gasteiger partial charge on any atom is -0.258 e. The molecule has 0 N–H and O–H groups in total. The van der Waals surface area contributed by atoms with Gasteiger partial charge in [0.05, 0.1) is 10.6 Å². The first-order valence-corrected chi connectivity index (χ1v) is 5.88. The molecular weight excluding hydrogens is 232 g/mol. The van der Waals surface area contributed by atoms with Gasteiger partial charge in [-0.1, -0.05) is 0 Å². The van der Waals surface area contributed by atoms with Crippen LogP contribution >= 0.6 is 10.7 Å². The highest BCUT2D eigenvalue weighted by molar-refractivity contribution is 8.13. The zero-order valence-corrected chi connectivity index (χ0v) is 8.33. The molecule has 0 aliphatic heterocycles. The average Bonchev–Trinajstić information content (AvgIpc) is 2.02. The molecule has 0 aromatic carbocycles. The van der Waals surface area contributed by atoms with Gasteiger partial charge in [-0.3, -0.25) is 15.1 Å². The predicted octanol–water partition coefficient (Wildman–Crippen LogP) is 1.06. The molecule has 0 unspecified atom stereocenters. The Morgan fingerprint density at radius 3 is 2.50 bits per heavy atom. The van der Waals surface area contributed by atoms with Crippen molar-refractivity contribution < 1.29 is 13.3 Å². The topological polar surface area (TPSA) is 90.2 Å². The summed E-state index contributed by atoms with van der Waals surface area (Å²) < 4.78 is 21.2. The van der Waals surface area contributed by atoms with E-state index in [0.29, 0.717) is 0 Å². The van der Waals surface area contributed by atoms with E-state index in [-0.39, 0.29) is 11.4 Å². The summed E-state index contributed by atoms with van der Waals surface area (Å²) in [6.07, 6.45) is 0.984. The number of hydrogen-bond acceptors (Lipinski definition) is 5. The van der Waals surface area contributed by atoms with Crippen molar-refractivity contribution in [3.05, 3.63) is 34.1 Å². The summed E-state index contributed by atoms with van der Waals surface area (Å²) in [7, 11) is 1.30. The first kappa shape index (κ1) is 10.9. The SMILES string of the molecule is O=[N+]([O-])c1ccc(CS(=O)(=O)Cl)nc1. The molecule has 76 valence electrons. The van der Waals surface area contributed by atoms with E-state index in [1.165, 1.54) is 12.1 Å². The molecule has 1 aromatic rings. The van der Waals surface area contributed by atoms with Crippen LogP contribution in [0.15, 0.2) is 18.3 Å². The van der Waals surface area contributed by atoms with Gasteiger partial charge in [0.1, 0.15) is 11.9 Å². The number of hydrogen-bond donors (Lipinski definition) is 0. The smallest absolute Gasteiger partial charge is 0.258 e. The highest BCUT2D eigenvalue weighted by atomic mass is 35.7. The Balaban J connectivity index is 2.90. The Kier molecular flexibility index (Phi) is 3.02. The fourth-order valence-corrected chi connectivity index (χ4v) is 1.65. The normalized spacial score (nSPS) is 11.2. The second-order valence-corrected chi connectivity index (χ2v) is 5.22. The van der Waals surface area contributed by atoms with Gasteiger partial charge in [0, 0.05) is 16.7 Å². The molecule has 0 saturated carbocycles. The summed E-state index contributed by atoms with van der Waals surface area (Å²) in [5.41, 5.74) is -0.0219. The lowest BCUT2D eigenvalue weighted by Gasteiger charge is -1.95. The molecule has 14 heavy (non-hydrogen) atoms. The molecule has 0 bridgehead atoms. The maximum atomic E-state index is 10.6. The van der Waals surface area contributed by atoms with E-state index < -0.39 is 19.7 Å². The second-order valence-electron chi connectivity index (χ2n) is 2.45. The molecule has 0 aliphatic rings. The molecule has 0 radical (unpaired) electrons. The Hall–Kier alpha value is -1.21. The Morgan fingerprint density at radius 1 is 1.50 bits per heavy atom. The van der Waals surface area contributed by atoms with Crippen LogP contribution in [0.4, 0.5) is 5.69 Å². The summed E-state index contributed by atoms with van der Waals surface area (Å²) in [5.74, 6) is -0.438. The van der Waals surface area contributed by atoms with Gasteiger partial charge in [0.25, 0.3) is 5.69 Å². The van der Waals surface area contributed by atoms with Gasteiger partial charge >= 0.3 is 0 Å². The molecule has 0 saturated heterocycles. The number of nitro groups is 1. The Labute approximate surface area is 84.1 Å². The Bertz CT molecular complexity index is 441. The molecule has 1 heterocycles. The van der Waals surface area contributed by atoms with Crippen molar-refractivity contribution in [2.24, 2.45) is 0 Å². The lowest BCUT2D eigenvalue weighted by atomic mass is 10.3. The van der Waals surface area contributed by atoms with E-state index in [0.717, 1.165) is 6.20 Å². The molecule has 0 aliphatic carbocycles. The van der Waals surface area contributed by atoms with Crippen LogP contribution in [0.3, 0.4) is 0 Å². The maximum Gasteiger partial charge on any atom is 0.287 e. The van der Waals surface area contributed by atoms with Crippen molar-refractivity contribution in [2.75, 3.05) is 0 Å². The van der Waals surface area contributed by atoms with Gasteiger partial charge in [-0.05, 0) is 6.07 Å². The number of halogens is 1. The quantitative estimate of drug-likeness (QED) is 0.445. The van der Waals surface area contributed by atoms with Crippen LogP contribution in [0, 0.1) is 10.1 Å². The van der Waals surface area contributed by atoms with Gasteiger partial charge in [0.2, 0.25) is 9.05 Å². The van der Waals surface area contributed by atoms with E-state index in [1.807, 2.05) is 0 Å². The summed E-state index contributed by atoms with van der Waals surface area (Å²) in [4.78, 5) is 13.2. The first-order chi connectivity index (χ1) is 6.38. The fourth-order valence-electron chi connectivity index (χ4n) is 0.787. The zero-order valence-electron chi connectivity index (χ0n) is 6.75. The first-order valence-electron chi connectivity index (χ1n) is 3.40. The lowest BCUT2D eigenvalue weighted by Crippen LogP contribution is -1.98. The summed E-state index contributed by atoms with van der Waals surface area (Å²) >= 11 is 0. The molecule has 0 fully saturated rings. The van der Waals surface area contributed by atoms with E-state index in [2.05, 4.69) is 4.98 Å². The third-order valence-electron chi connectivity index (χ3n) is 1.34. The van der Waals surface area contributed by atoms with Gasteiger partial charge in [-0.25, -0.2) is 8.42 Å². The van der Waals surface area contributed by atoms with Crippen LogP contribution in [0.1, 0.15) is 5.69 Å². The molecule has 6 nitrogen and oxygen atoms in total. The van der Waals surface area contributed by atoms with Crippen LogP contribution in [0.5, 0.6) is 0 Å². The molecule has 0 spiro atoms. The Morgan fingerprint density at radius 2 is 2.14 bits per heavy atom. The standard InChI is InChI=1S/C6H5ClN2O4S/c7-14(12,13)4-5-1-2-6(3-8-5)9(10)11/h1-3H,4H2. The molecule has 1 aromatic heterocycles. The fraction of sp³-hybridized carbons (Fsp3) is 0.167. The minimum atomic E-state index is -3.67. The average molecular weight is 237 g/mol. The van der Waals surface area contributed by atoms with Crippen LogP contribution < -0.4 is 0 Å². The molecule has 0 atom stereocenters. The van der Waals surface area contributed by atoms with Crippen molar-refractivity contribution in [3.63, 3.8) is 0 Å². The predicted molar refractivity (Wildman–Crippen MR) is 49.4 cm³/mol. The minimum absolute atomic E-state index is 0.172. The highest BCUT2D eigenvalue weighted by Crippen LogP contribution is 2.12. The van der Waals surface area contributed by atoms with Gasteiger partial charge in [0.15, 0.2) is 0 Å². The van der Waals surface area contributed by atoms with Crippen LogP contribution in [-0.4, -0.2) is 18.3 Å². The van der Waals surface area contributed by atoms with Crippen molar-refractivity contribution in [1.82, 2.24) is 4.98 Å². The van der Waals surface area contributed by atoms with E-state index in [4.69, 9.17) is 10.7 Å². The van der Waals surface area contributed by atoms with Gasteiger partial charge in [-0.2, -0.15) is 0 Å². The van der Waals surface area contributed by atoms with Gasteiger partial charge < -0.3 is 0 Å². The molecule has 0 amide bonds. The third kappa shape index (κ3) is 3.27. The third-order valence-corrected chi connectivity index (χ3v) is 2.31. The summed E-state index contributed by atoms with van der Waals surface area (Å²) in [5, 5.41) is 10.2. The van der Waals surface area contributed by atoms with Gasteiger partial charge in [-0.15, -0.1) is 0 Å². The molecular formula is C6H5ClN2O4S. The highest BCUT2D eigenvalue weighted by Gasteiger charge is 2.10. The van der Waals surface area contributed by atoms with Crippen LogP contribution in [0.2, 0.25) is 0 Å². The zero-order chi connectivity index (χ0) is 10.8. The van der Waals surface area contributed by atoms with Crippen molar-refractivity contribution in [1.29, 1.82) is 0 Å². The summed E-state index contributed by atoms with van der Waals surface area (Å²) in [6.45, 7) is 0. The monoisotopic (exact) mass is 236 g/mol.